The van der Waals surface area contributed by atoms with E-state index in [2.05, 4.69) is 22.0 Å². The molecule has 1 saturated heterocycles. The molecule has 1 aromatic carbocycles. The van der Waals surface area contributed by atoms with Gasteiger partial charge in [0.05, 0.1) is 22.8 Å². The van der Waals surface area contributed by atoms with Gasteiger partial charge in [0.1, 0.15) is 5.82 Å². The first-order valence-electron chi connectivity index (χ1n) is 10.2. The Labute approximate surface area is 185 Å². The Kier molecular flexibility index (Phi) is 6.39. The minimum absolute atomic E-state index is 0.365. The van der Waals surface area contributed by atoms with E-state index < -0.39 is 6.09 Å². The van der Waals surface area contributed by atoms with Crippen LogP contribution in [-0.2, 0) is 6.54 Å². The van der Waals surface area contributed by atoms with Crippen LogP contribution >= 0.6 is 22.9 Å². The van der Waals surface area contributed by atoms with Crippen LogP contribution in [0.2, 0.25) is 5.02 Å². The number of fused-ring (bicyclic) bond motifs is 1. The fourth-order valence-electron chi connectivity index (χ4n) is 3.97. The van der Waals surface area contributed by atoms with Gasteiger partial charge in [-0.2, -0.15) is 0 Å². The summed E-state index contributed by atoms with van der Waals surface area (Å²) in [5, 5.41) is 14.2. The molecule has 0 spiro atoms. The molecule has 8 heteroatoms. The number of pyridine rings is 1. The number of benzene rings is 1. The molecule has 30 heavy (non-hydrogen) atoms. The highest BCUT2D eigenvalue weighted by molar-refractivity contribution is 7.09. The standard InChI is InChI=1S/C22H25ClN4O2S/c1-15-24-19(14-30-15)13-27(22(28)29)11-8-16-6-9-26(10-7-16)21-5-2-17-12-18(23)3-4-20(17)25-21/h2-5,12,14,16H,6-11,13H2,1H3,(H,28,29). The van der Waals surface area contributed by atoms with Crippen LogP contribution in [0.4, 0.5) is 10.6 Å². The van der Waals surface area contributed by atoms with Crippen molar-refractivity contribution in [2.45, 2.75) is 32.7 Å². The number of hydrogen-bond acceptors (Lipinski definition) is 5. The van der Waals surface area contributed by atoms with Gasteiger partial charge in [-0.3, -0.25) is 0 Å². The molecule has 0 radical (unpaired) electrons. The van der Waals surface area contributed by atoms with Gasteiger partial charge in [0.15, 0.2) is 0 Å². The molecule has 1 aliphatic rings. The van der Waals surface area contributed by atoms with Crippen molar-refractivity contribution < 1.29 is 9.90 Å². The molecule has 1 N–H and O–H groups in total. The van der Waals surface area contributed by atoms with Crippen molar-refractivity contribution in [1.29, 1.82) is 0 Å². The molecule has 158 valence electrons. The largest absolute Gasteiger partial charge is 0.465 e. The van der Waals surface area contributed by atoms with Crippen LogP contribution in [0.15, 0.2) is 35.7 Å². The minimum atomic E-state index is -0.876. The number of halogens is 1. The quantitative estimate of drug-likeness (QED) is 0.548. The summed E-state index contributed by atoms with van der Waals surface area (Å²) in [4.78, 5) is 24.6. The summed E-state index contributed by atoms with van der Waals surface area (Å²) in [6, 6.07) is 9.88. The lowest BCUT2D eigenvalue weighted by molar-refractivity contribution is 0.137. The van der Waals surface area contributed by atoms with Crippen LogP contribution in [-0.4, -0.2) is 45.7 Å². The topological polar surface area (TPSA) is 69.6 Å². The summed E-state index contributed by atoms with van der Waals surface area (Å²) in [5.74, 6) is 1.52. The van der Waals surface area contributed by atoms with Gasteiger partial charge < -0.3 is 14.9 Å². The van der Waals surface area contributed by atoms with Crippen molar-refractivity contribution >= 4 is 45.8 Å². The zero-order valence-electron chi connectivity index (χ0n) is 16.9. The molecule has 0 bridgehead atoms. The second-order valence-corrected chi connectivity index (χ2v) is 9.29. The third kappa shape index (κ3) is 5.02. The summed E-state index contributed by atoms with van der Waals surface area (Å²) in [6.45, 7) is 4.73. The average molecular weight is 445 g/mol. The van der Waals surface area contributed by atoms with Crippen LogP contribution in [0.3, 0.4) is 0 Å². The van der Waals surface area contributed by atoms with E-state index >= 15 is 0 Å². The lowest BCUT2D eigenvalue weighted by atomic mass is 9.93. The van der Waals surface area contributed by atoms with Crippen LogP contribution in [0.1, 0.15) is 30.0 Å². The number of aromatic nitrogens is 2. The maximum absolute atomic E-state index is 11.6. The average Bonchev–Trinajstić information content (AvgIpc) is 3.15. The molecule has 0 unspecified atom stereocenters. The Morgan fingerprint density at radius 2 is 2.07 bits per heavy atom. The number of aryl methyl sites for hydroxylation is 1. The molecule has 2 aromatic heterocycles. The van der Waals surface area contributed by atoms with E-state index in [0.717, 1.165) is 64.8 Å². The molecular formula is C22H25ClN4O2S. The highest BCUT2D eigenvalue weighted by Gasteiger charge is 2.22. The molecule has 1 fully saturated rings. The van der Waals surface area contributed by atoms with Gasteiger partial charge in [-0.05, 0) is 62.4 Å². The summed E-state index contributed by atoms with van der Waals surface area (Å²) in [5.41, 5.74) is 1.78. The van der Waals surface area contributed by atoms with Gasteiger partial charge in [-0.1, -0.05) is 11.6 Å². The SMILES string of the molecule is Cc1nc(CN(CCC2CCN(c3ccc4cc(Cl)ccc4n3)CC2)C(=O)O)cs1. The van der Waals surface area contributed by atoms with Crippen LogP contribution in [0.25, 0.3) is 10.9 Å². The van der Waals surface area contributed by atoms with Gasteiger partial charge in [-0.15, -0.1) is 11.3 Å². The number of piperidine rings is 1. The third-order valence-corrected chi connectivity index (χ3v) is 6.73. The van der Waals surface area contributed by atoms with E-state index in [-0.39, 0.29) is 0 Å². The van der Waals surface area contributed by atoms with Crippen molar-refractivity contribution in [2.75, 3.05) is 24.5 Å². The number of hydrogen-bond donors (Lipinski definition) is 1. The molecule has 0 atom stereocenters. The highest BCUT2D eigenvalue weighted by atomic mass is 35.5. The first-order chi connectivity index (χ1) is 14.5. The van der Waals surface area contributed by atoms with Crippen molar-refractivity contribution in [3.05, 3.63) is 51.4 Å². The van der Waals surface area contributed by atoms with E-state index in [1.54, 1.807) is 11.3 Å². The first-order valence-corrected chi connectivity index (χ1v) is 11.4. The smallest absolute Gasteiger partial charge is 0.407 e. The zero-order chi connectivity index (χ0) is 21.1. The molecular weight excluding hydrogens is 420 g/mol. The molecule has 1 aliphatic heterocycles. The zero-order valence-corrected chi connectivity index (χ0v) is 18.5. The Morgan fingerprint density at radius 3 is 2.77 bits per heavy atom. The van der Waals surface area contributed by atoms with Crippen LogP contribution in [0, 0.1) is 12.8 Å². The highest BCUT2D eigenvalue weighted by Crippen LogP contribution is 2.27. The Hall–Kier alpha value is -2.38. The number of nitrogens with zero attached hydrogens (tertiary/aromatic N) is 4. The van der Waals surface area contributed by atoms with Crippen molar-refractivity contribution in [1.82, 2.24) is 14.9 Å². The van der Waals surface area contributed by atoms with E-state index in [9.17, 15) is 9.90 Å². The predicted molar refractivity (Wildman–Crippen MR) is 122 cm³/mol. The number of rotatable bonds is 6. The fraction of sp³-hybridized carbons (Fsp3) is 0.409. The van der Waals surface area contributed by atoms with Crippen molar-refractivity contribution in [2.24, 2.45) is 5.92 Å². The Bertz CT molecular complexity index is 1030. The van der Waals surface area contributed by atoms with E-state index in [1.807, 2.05) is 30.5 Å². The van der Waals surface area contributed by atoms with Gasteiger partial charge >= 0.3 is 6.09 Å². The third-order valence-electron chi connectivity index (χ3n) is 5.67. The van der Waals surface area contributed by atoms with Crippen LogP contribution in [0.5, 0.6) is 0 Å². The second kappa shape index (κ2) is 9.18. The second-order valence-electron chi connectivity index (χ2n) is 7.79. The molecule has 3 heterocycles. The normalized spacial score (nSPS) is 14.9. The summed E-state index contributed by atoms with van der Waals surface area (Å²) in [6.07, 6.45) is 2.10. The Balaban J connectivity index is 1.30. The predicted octanol–water partition coefficient (Wildman–Crippen LogP) is 5.44. The maximum atomic E-state index is 11.6. The molecule has 6 nitrogen and oxygen atoms in total. The summed E-state index contributed by atoms with van der Waals surface area (Å²) in [7, 11) is 0. The van der Waals surface area contributed by atoms with E-state index in [0.29, 0.717) is 19.0 Å². The molecule has 1 amide bonds. The molecule has 3 aromatic rings. The molecule has 0 saturated carbocycles. The number of carboxylic acid groups (broad SMARTS) is 1. The van der Waals surface area contributed by atoms with Gasteiger partial charge in [0.2, 0.25) is 0 Å². The Morgan fingerprint density at radius 1 is 1.27 bits per heavy atom. The molecule has 4 rings (SSSR count). The summed E-state index contributed by atoms with van der Waals surface area (Å²) < 4.78 is 0. The lowest BCUT2D eigenvalue weighted by Crippen LogP contribution is -2.36. The summed E-state index contributed by atoms with van der Waals surface area (Å²) >= 11 is 7.61. The van der Waals surface area contributed by atoms with Gasteiger partial charge in [0, 0.05) is 35.4 Å². The van der Waals surface area contributed by atoms with Crippen LogP contribution < -0.4 is 4.90 Å². The van der Waals surface area contributed by atoms with E-state index in [4.69, 9.17) is 16.6 Å². The van der Waals surface area contributed by atoms with Gasteiger partial charge in [0.25, 0.3) is 0 Å². The van der Waals surface area contributed by atoms with E-state index in [1.165, 1.54) is 4.90 Å². The lowest BCUT2D eigenvalue weighted by Gasteiger charge is -2.33. The first kappa shape index (κ1) is 20.9. The number of amides is 1. The number of carbonyl (C=O) groups is 1. The number of anilines is 1. The van der Waals surface area contributed by atoms with Crippen molar-refractivity contribution in [3.63, 3.8) is 0 Å². The molecule has 0 aliphatic carbocycles. The number of thiazole rings is 1. The van der Waals surface area contributed by atoms with Gasteiger partial charge in [-0.25, -0.2) is 14.8 Å². The maximum Gasteiger partial charge on any atom is 0.407 e. The fourth-order valence-corrected chi connectivity index (χ4v) is 4.75. The van der Waals surface area contributed by atoms with Crippen molar-refractivity contribution in [3.8, 4) is 0 Å². The monoisotopic (exact) mass is 444 g/mol. The minimum Gasteiger partial charge on any atom is -0.465 e.